The molecule has 1 atom stereocenters. The van der Waals surface area contributed by atoms with E-state index < -0.39 is 5.92 Å². The second-order valence-corrected chi connectivity index (χ2v) is 3.89. The van der Waals surface area contributed by atoms with Crippen molar-refractivity contribution < 1.29 is 4.79 Å². The first kappa shape index (κ1) is 10.6. The molecule has 0 aromatic carbocycles. The molecule has 0 N–H and O–H groups in total. The zero-order valence-electron chi connectivity index (χ0n) is 9.47. The molecule has 0 bridgehead atoms. The van der Waals surface area contributed by atoms with Crippen molar-refractivity contribution in [2.45, 2.75) is 5.92 Å². The number of pyridine rings is 2. The molecule has 3 aromatic heterocycles. The monoisotopic (exact) mass is 238 g/mol. The Bertz CT molecular complexity index is 678. The summed E-state index contributed by atoms with van der Waals surface area (Å²) < 4.78 is 1.79. The third-order valence-electron chi connectivity index (χ3n) is 2.83. The average Bonchev–Trinajstić information content (AvgIpc) is 2.90. The Kier molecular flexibility index (Phi) is 2.57. The lowest BCUT2D eigenvalue weighted by molar-refractivity contribution is -0.108. The smallest absolute Gasteiger partial charge is 0.164 e. The summed E-state index contributed by atoms with van der Waals surface area (Å²) >= 11 is 0. The van der Waals surface area contributed by atoms with Gasteiger partial charge in [0.2, 0.25) is 0 Å². The van der Waals surface area contributed by atoms with Gasteiger partial charge in [0.05, 0.1) is 11.6 Å². The minimum absolute atomic E-state index is 0.418. The first-order valence-corrected chi connectivity index (χ1v) is 5.54. The maximum atomic E-state index is 11.4. The van der Waals surface area contributed by atoms with E-state index in [4.69, 9.17) is 0 Å². The topological polar surface area (TPSA) is 60.2 Å². The van der Waals surface area contributed by atoms with E-state index in [-0.39, 0.29) is 0 Å². The van der Waals surface area contributed by atoms with Gasteiger partial charge in [0.1, 0.15) is 12.6 Å². The number of carbonyl (C=O) groups excluding carboxylic acids is 1. The number of fused-ring (bicyclic) bond motifs is 1. The highest BCUT2D eigenvalue weighted by Crippen LogP contribution is 2.23. The van der Waals surface area contributed by atoms with Crippen molar-refractivity contribution in [2.24, 2.45) is 0 Å². The van der Waals surface area contributed by atoms with Gasteiger partial charge >= 0.3 is 0 Å². The van der Waals surface area contributed by atoms with Gasteiger partial charge in [-0.2, -0.15) is 0 Å². The molecule has 0 fully saturated rings. The second kappa shape index (κ2) is 4.37. The molecule has 0 spiro atoms. The van der Waals surface area contributed by atoms with E-state index in [1.54, 1.807) is 16.9 Å². The first-order chi connectivity index (χ1) is 8.90. The van der Waals surface area contributed by atoms with Crippen molar-refractivity contribution in [1.29, 1.82) is 0 Å². The standard InChI is InChI=1S/C13H10N4O/c18-8-11(12-5-1-2-6-14-12)10-4-3-7-17-9-15-16-13(10)17/h1-9,11H. The molecule has 0 saturated carbocycles. The summed E-state index contributed by atoms with van der Waals surface area (Å²) in [4.78, 5) is 15.6. The molecule has 0 amide bonds. The molecular weight excluding hydrogens is 228 g/mol. The number of aldehydes is 1. The van der Waals surface area contributed by atoms with Crippen LogP contribution in [0.3, 0.4) is 0 Å². The fourth-order valence-electron chi connectivity index (χ4n) is 1.98. The van der Waals surface area contributed by atoms with Gasteiger partial charge in [-0.25, -0.2) is 0 Å². The summed E-state index contributed by atoms with van der Waals surface area (Å²) in [6, 6.07) is 9.26. The van der Waals surface area contributed by atoms with E-state index >= 15 is 0 Å². The molecule has 0 aliphatic rings. The van der Waals surface area contributed by atoms with Gasteiger partial charge in [-0.3, -0.25) is 9.38 Å². The molecule has 0 radical (unpaired) electrons. The summed E-state index contributed by atoms with van der Waals surface area (Å²) in [5.41, 5.74) is 2.20. The molecule has 88 valence electrons. The van der Waals surface area contributed by atoms with Crippen LogP contribution in [0, 0.1) is 0 Å². The molecule has 1 unspecified atom stereocenters. The van der Waals surface area contributed by atoms with E-state index in [2.05, 4.69) is 15.2 Å². The van der Waals surface area contributed by atoms with Crippen LogP contribution in [0.1, 0.15) is 17.2 Å². The van der Waals surface area contributed by atoms with E-state index in [0.29, 0.717) is 11.3 Å². The Morgan fingerprint density at radius 1 is 1.22 bits per heavy atom. The van der Waals surface area contributed by atoms with Crippen LogP contribution >= 0.6 is 0 Å². The predicted octanol–water partition coefficient (Wildman–Crippen LogP) is 1.46. The van der Waals surface area contributed by atoms with Crippen LogP contribution in [0.4, 0.5) is 0 Å². The van der Waals surface area contributed by atoms with Gasteiger partial charge in [-0.15, -0.1) is 10.2 Å². The Morgan fingerprint density at radius 2 is 2.17 bits per heavy atom. The van der Waals surface area contributed by atoms with Gasteiger partial charge in [-0.05, 0) is 18.2 Å². The quantitative estimate of drug-likeness (QED) is 0.648. The largest absolute Gasteiger partial charge is 0.302 e. The summed E-state index contributed by atoms with van der Waals surface area (Å²) in [5.74, 6) is -0.418. The van der Waals surface area contributed by atoms with Crippen molar-refractivity contribution >= 4 is 11.9 Å². The highest BCUT2D eigenvalue weighted by Gasteiger charge is 2.18. The van der Waals surface area contributed by atoms with Crippen LogP contribution < -0.4 is 0 Å². The SMILES string of the molecule is O=CC(c1ccccn1)c1cccn2cnnc12. The van der Waals surface area contributed by atoms with Gasteiger partial charge < -0.3 is 4.79 Å². The van der Waals surface area contributed by atoms with Gasteiger partial charge in [0.15, 0.2) is 5.65 Å². The van der Waals surface area contributed by atoms with Gasteiger partial charge in [-0.1, -0.05) is 12.1 Å². The van der Waals surface area contributed by atoms with Crippen molar-refractivity contribution in [3.8, 4) is 0 Å². The Morgan fingerprint density at radius 3 is 2.94 bits per heavy atom. The van der Waals surface area contributed by atoms with Crippen molar-refractivity contribution in [3.63, 3.8) is 0 Å². The molecule has 5 nitrogen and oxygen atoms in total. The third-order valence-corrected chi connectivity index (χ3v) is 2.83. The summed E-state index contributed by atoms with van der Waals surface area (Å²) in [5, 5.41) is 7.89. The number of aromatic nitrogens is 4. The number of hydrogen-bond acceptors (Lipinski definition) is 4. The molecule has 0 aliphatic heterocycles. The van der Waals surface area contributed by atoms with E-state index in [1.165, 1.54) is 0 Å². The Balaban J connectivity index is 2.18. The van der Waals surface area contributed by atoms with Crippen LogP contribution in [0.5, 0.6) is 0 Å². The van der Waals surface area contributed by atoms with Crippen molar-refractivity contribution in [3.05, 3.63) is 60.3 Å². The lowest BCUT2D eigenvalue weighted by Gasteiger charge is -2.10. The van der Waals surface area contributed by atoms with Crippen LogP contribution in [-0.4, -0.2) is 25.9 Å². The highest BCUT2D eigenvalue weighted by molar-refractivity contribution is 5.71. The third kappa shape index (κ3) is 1.66. The molecular formula is C13H10N4O. The normalized spacial score (nSPS) is 12.4. The fraction of sp³-hybridized carbons (Fsp3) is 0.0769. The second-order valence-electron chi connectivity index (χ2n) is 3.89. The maximum Gasteiger partial charge on any atom is 0.164 e. The van der Waals surface area contributed by atoms with Gasteiger partial charge in [0, 0.05) is 18.0 Å². The number of carbonyl (C=O) groups is 1. The molecule has 3 aromatic rings. The molecule has 5 heteroatoms. The summed E-state index contributed by atoms with van der Waals surface area (Å²) in [6.07, 6.45) is 6.01. The minimum Gasteiger partial charge on any atom is -0.302 e. The zero-order chi connectivity index (χ0) is 12.4. The lowest BCUT2D eigenvalue weighted by Crippen LogP contribution is -2.06. The zero-order valence-corrected chi connectivity index (χ0v) is 9.47. The molecule has 3 rings (SSSR count). The van der Waals surface area contributed by atoms with E-state index in [0.717, 1.165) is 11.8 Å². The Hall–Kier alpha value is -2.56. The van der Waals surface area contributed by atoms with Crippen molar-refractivity contribution in [2.75, 3.05) is 0 Å². The fourth-order valence-corrected chi connectivity index (χ4v) is 1.98. The van der Waals surface area contributed by atoms with Crippen LogP contribution in [0.25, 0.3) is 5.65 Å². The molecule has 18 heavy (non-hydrogen) atoms. The van der Waals surface area contributed by atoms with Crippen LogP contribution in [-0.2, 0) is 4.79 Å². The van der Waals surface area contributed by atoms with Gasteiger partial charge in [0.25, 0.3) is 0 Å². The summed E-state index contributed by atoms with van der Waals surface area (Å²) in [6.45, 7) is 0. The van der Waals surface area contributed by atoms with Crippen LogP contribution in [0.15, 0.2) is 49.1 Å². The van der Waals surface area contributed by atoms with E-state index in [1.807, 2.05) is 36.5 Å². The number of hydrogen-bond donors (Lipinski definition) is 0. The highest BCUT2D eigenvalue weighted by atomic mass is 16.1. The average molecular weight is 238 g/mol. The van der Waals surface area contributed by atoms with E-state index in [9.17, 15) is 4.79 Å². The maximum absolute atomic E-state index is 11.4. The summed E-state index contributed by atoms with van der Waals surface area (Å²) in [7, 11) is 0. The predicted molar refractivity (Wildman–Crippen MR) is 65.1 cm³/mol. The minimum atomic E-state index is -0.418. The van der Waals surface area contributed by atoms with Crippen molar-refractivity contribution in [1.82, 2.24) is 19.6 Å². The number of nitrogens with zero attached hydrogens (tertiary/aromatic N) is 4. The molecule has 0 saturated heterocycles. The molecule has 0 aliphatic carbocycles. The number of rotatable bonds is 3. The Labute approximate surface area is 103 Å². The first-order valence-electron chi connectivity index (χ1n) is 5.54. The van der Waals surface area contributed by atoms with Crippen LogP contribution in [0.2, 0.25) is 0 Å². The lowest BCUT2D eigenvalue weighted by atomic mass is 9.97. The molecule has 3 heterocycles.